The van der Waals surface area contributed by atoms with Crippen LogP contribution in [0.2, 0.25) is 0 Å². The molecule has 0 N–H and O–H groups in total. The SMILES string of the molecule is CCCCCCCCCC(=O)OOC(=O)CCCCCCCCC.S. The molecule has 0 aromatic rings. The van der Waals surface area contributed by atoms with E-state index in [0.717, 1.165) is 38.5 Å². The van der Waals surface area contributed by atoms with Crippen molar-refractivity contribution in [2.75, 3.05) is 0 Å². The van der Waals surface area contributed by atoms with E-state index >= 15 is 0 Å². The zero-order valence-corrected chi connectivity index (χ0v) is 17.4. The van der Waals surface area contributed by atoms with Gasteiger partial charge in [-0.1, -0.05) is 90.9 Å². The van der Waals surface area contributed by atoms with Crippen molar-refractivity contribution >= 4 is 25.4 Å². The van der Waals surface area contributed by atoms with Gasteiger partial charge in [-0.15, -0.1) is 0 Å². The number of unbranched alkanes of at least 4 members (excludes halogenated alkanes) is 12. The van der Waals surface area contributed by atoms with E-state index in [1.54, 1.807) is 0 Å². The van der Waals surface area contributed by atoms with Gasteiger partial charge in [0.05, 0.1) is 12.8 Å². The summed E-state index contributed by atoms with van der Waals surface area (Å²) < 4.78 is 0. The van der Waals surface area contributed by atoms with Gasteiger partial charge in [-0.05, 0) is 12.8 Å². The van der Waals surface area contributed by atoms with Crippen LogP contribution in [0.25, 0.3) is 0 Å². The summed E-state index contributed by atoms with van der Waals surface area (Å²) in [6.07, 6.45) is 16.7. The molecule has 0 spiro atoms. The summed E-state index contributed by atoms with van der Waals surface area (Å²) >= 11 is 0. The Morgan fingerprint density at radius 2 is 0.800 bits per heavy atom. The zero-order valence-electron chi connectivity index (χ0n) is 16.4. The Balaban J connectivity index is 0. The van der Waals surface area contributed by atoms with Gasteiger partial charge >= 0.3 is 11.9 Å². The molecular weight excluding hydrogens is 336 g/mol. The zero-order chi connectivity index (χ0) is 17.9. The molecule has 0 aromatic heterocycles. The highest BCUT2D eigenvalue weighted by molar-refractivity contribution is 7.59. The molecule has 5 heteroatoms. The smallest absolute Gasteiger partial charge is 0.247 e. The van der Waals surface area contributed by atoms with E-state index in [1.807, 2.05) is 0 Å². The van der Waals surface area contributed by atoms with E-state index in [-0.39, 0.29) is 13.5 Å². The minimum atomic E-state index is -0.434. The summed E-state index contributed by atoms with van der Waals surface area (Å²) in [6, 6.07) is 0. The molecule has 4 nitrogen and oxygen atoms in total. The Labute approximate surface area is 161 Å². The molecule has 25 heavy (non-hydrogen) atoms. The monoisotopic (exact) mass is 376 g/mol. The molecule has 0 aromatic carbocycles. The maximum absolute atomic E-state index is 11.5. The fraction of sp³-hybridized carbons (Fsp3) is 0.900. The van der Waals surface area contributed by atoms with Crippen LogP contribution in [0.15, 0.2) is 0 Å². The van der Waals surface area contributed by atoms with Crippen molar-refractivity contribution in [1.29, 1.82) is 0 Å². The van der Waals surface area contributed by atoms with Gasteiger partial charge < -0.3 is 0 Å². The Kier molecular flexibility index (Phi) is 22.6. The molecule has 0 amide bonds. The lowest BCUT2D eigenvalue weighted by Gasteiger charge is -2.04. The summed E-state index contributed by atoms with van der Waals surface area (Å²) in [5.74, 6) is -0.868. The molecular formula is C20H40O4S. The van der Waals surface area contributed by atoms with E-state index in [0.29, 0.717) is 12.8 Å². The third kappa shape index (κ3) is 21.2. The number of hydrogen-bond donors (Lipinski definition) is 0. The number of carbonyl (C=O) groups excluding carboxylic acids is 2. The first kappa shape index (κ1) is 26.5. The average Bonchev–Trinajstić information content (AvgIpc) is 2.58. The Morgan fingerprint density at radius 1 is 0.520 bits per heavy atom. The van der Waals surface area contributed by atoms with Crippen molar-refractivity contribution in [3.8, 4) is 0 Å². The topological polar surface area (TPSA) is 52.6 Å². The van der Waals surface area contributed by atoms with E-state index < -0.39 is 11.9 Å². The first-order valence-electron chi connectivity index (χ1n) is 10.1. The predicted octanol–water partition coefficient (Wildman–Crippen LogP) is 6.38. The number of hydrogen-bond acceptors (Lipinski definition) is 4. The molecule has 0 saturated carbocycles. The van der Waals surface area contributed by atoms with Crippen LogP contribution in [0.3, 0.4) is 0 Å². The van der Waals surface area contributed by atoms with Crippen LogP contribution < -0.4 is 0 Å². The van der Waals surface area contributed by atoms with Crippen molar-refractivity contribution in [2.45, 2.75) is 117 Å². The fourth-order valence-corrected chi connectivity index (χ4v) is 2.63. The van der Waals surface area contributed by atoms with Crippen molar-refractivity contribution in [3.63, 3.8) is 0 Å². The highest BCUT2D eigenvalue weighted by atomic mass is 32.1. The Hall–Kier alpha value is -0.710. The summed E-state index contributed by atoms with van der Waals surface area (Å²) in [5.41, 5.74) is 0. The summed E-state index contributed by atoms with van der Waals surface area (Å²) in [5, 5.41) is 0. The van der Waals surface area contributed by atoms with Gasteiger partial charge in [0, 0.05) is 0 Å². The van der Waals surface area contributed by atoms with Gasteiger partial charge in [-0.25, -0.2) is 19.4 Å². The summed E-state index contributed by atoms with van der Waals surface area (Å²) in [7, 11) is 0. The number of rotatable bonds is 16. The van der Waals surface area contributed by atoms with E-state index in [4.69, 9.17) is 0 Å². The van der Waals surface area contributed by atoms with E-state index in [9.17, 15) is 9.59 Å². The van der Waals surface area contributed by atoms with Gasteiger partial charge in [0.2, 0.25) is 0 Å². The fourth-order valence-electron chi connectivity index (χ4n) is 2.63. The maximum atomic E-state index is 11.5. The lowest BCUT2D eigenvalue weighted by atomic mass is 10.1. The van der Waals surface area contributed by atoms with Gasteiger partial charge in [0.15, 0.2) is 0 Å². The molecule has 0 unspecified atom stereocenters. The third-order valence-electron chi connectivity index (χ3n) is 4.20. The van der Waals surface area contributed by atoms with Crippen molar-refractivity contribution in [1.82, 2.24) is 0 Å². The molecule has 0 rings (SSSR count). The van der Waals surface area contributed by atoms with Crippen LogP contribution in [-0.2, 0) is 19.4 Å². The van der Waals surface area contributed by atoms with Crippen molar-refractivity contribution < 1.29 is 19.4 Å². The molecule has 0 saturated heterocycles. The lowest BCUT2D eigenvalue weighted by Crippen LogP contribution is -2.11. The largest absolute Gasteiger partial charge is 0.355 e. The van der Waals surface area contributed by atoms with Crippen LogP contribution in [0.1, 0.15) is 117 Å². The minimum absolute atomic E-state index is 0. The van der Waals surface area contributed by atoms with E-state index in [1.165, 1.54) is 51.4 Å². The van der Waals surface area contributed by atoms with Crippen LogP contribution in [0, 0.1) is 0 Å². The van der Waals surface area contributed by atoms with Gasteiger partial charge in [0.25, 0.3) is 0 Å². The van der Waals surface area contributed by atoms with Crippen LogP contribution >= 0.6 is 13.5 Å². The van der Waals surface area contributed by atoms with Gasteiger partial charge in [0.1, 0.15) is 0 Å². The van der Waals surface area contributed by atoms with E-state index in [2.05, 4.69) is 23.6 Å². The highest BCUT2D eigenvalue weighted by Crippen LogP contribution is 2.10. The second-order valence-corrected chi connectivity index (χ2v) is 6.65. The Morgan fingerprint density at radius 3 is 1.12 bits per heavy atom. The number of carbonyl (C=O) groups is 2. The standard InChI is InChI=1S/C20H38O4.H2S/c1-3-5-7-9-11-13-15-17-19(21)23-24-20(22)18-16-14-12-10-8-6-4-2;/h3-18H2,1-2H3;1H2. The quantitative estimate of drug-likeness (QED) is 0.178. The molecule has 0 atom stereocenters. The molecule has 0 bridgehead atoms. The second kappa shape index (κ2) is 21.3. The summed E-state index contributed by atoms with van der Waals surface area (Å²) in [6.45, 7) is 4.40. The van der Waals surface area contributed by atoms with Crippen molar-refractivity contribution in [2.24, 2.45) is 0 Å². The third-order valence-corrected chi connectivity index (χ3v) is 4.20. The molecule has 0 aliphatic rings. The van der Waals surface area contributed by atoms with Crippen LogP contribution in [0.5, 0.6) is 0 Å². The molecule has 0 radical (unpaired) electrons. The molecule has 150 valence electrons. The molecule has 0 aliphatic carbocycles. The minimum Gasteiger partial charge on any atom is -0.247 e. The average molecular weight is 377 g/mol. The lowest BCUT2D eigenvalue weighted by molar-refractivity contribution is -0.259. The molecule has 0 heterocycles. The highest BCUT2D eigenvalue weighted by Gasteiger charge is 2.09. The second-order valence-electron chi connectivity index (χ2n) is 6.65. The Bertz CT molecular complexity index is 278. The molecule has 0 fully saturated rings. The van der Waals surface area contributed by atoms with Crippen LogP contribution in [0.4, 0.5) is 0 Å². The van der Waals surface area contributed by atoms with Crippen LogP contribution in [-0.4, -0.2) is 11.9 Å². The first-order valence-corrected chi connectivity index (χ1v) is 10.1. The van der Waals surface area contributed by atoms with Gasteiger partial charge in [-0.3, -0.25) is 0 Å². The van der Waals surface area contributed by atoms with Gasteiger partial charge in [-0.2, -0.15) is 13.5 Å². The first-order chi connectivity index (χ1) is 11.7. The maximum Gasteiger partial charge on any atom is 0.355 e. The molecule has 0 aliphatic heterocycles. The van der Waals surface area contributed by atoms with Crippen molar-refractivity contribution in [3.05, 3.63) is 0 Å². The normalized spacial score (nSPS) is 10.2. The predicted molar refractivity (Wildman–Crippen MR) is 108 cm³/mol. The summed E-state index contributed by atoms with van der Waals surface area (Å²) in [4.78, 5) is 32.1.